The summed E-state index contributed by atoms with van der Waals surface area (Å²) in [7, 11) is 1.31. The van der Waals surface area contributed by atoms with Crippen molar-refractivity contribution >= 4 is 23.6 Å². The molecule has 0 radical (unpaired) electrons. The first-order chi connectivity index (χ1) is 10.1. The van der Waals surface area contributed by atoms with E-state index in [1.165, 1.54) is 12.0 Å². The van der Waals surface area contributed by atoms with Crippen molar-refractivity contribution in [3.05, 3.63) is 12.3 Å². The van der Waals surface area contributed by atoms with Crippen LogP contribution in [0.4, 0.5) is 11.8 Å². The number of piperazine rings is 1. The smallest absolute Gasteiger partial charge is 0.325 e. The maximum absolute atomic E-state index is 12.0. The molecule has 0 aliphatic carbocycles. The molecule has 1 N–H and O–H groups in total. The minimum Gasteiger partial charge on any atom is -0.468 e. The molecule has 8 nitrogen and oxygen atoms in total. The second-order valence-corrected chi connectivity index (χ2v) is 4.59. The Kier molecular flexibility index (Phi) is 4.91. The number of carbonyl (C=O) groups is 2. The van der Waals surface area contributed by atoms with E-state index in [9.17, 15) is 9.59 Å². The van der Waals surface area contributed by atoms with Crippen molar-refractivity contribution < 1.29 is 14.3 Å². The Morgan fingerprint density at radius 3 is 2.95 bits per heavy atom. The maximum atomic E-state index is 12.0. The number of esters is 1. The number of nitrogens with zero attached hydrogens (tertiary/aromatic N) is 4. The Morgan fingerprint density at radius 1 is 1.48 bits per heavy atom. The number of hydrogen-bond donors (Lipinski definition) is 1. The van der Waals surface area contributed by atoms with Gasteiger partial charge in [0.25, 0.3) is 0 Å². The van der Waals surface area contributed by atoms with Gasteiger partial charge in [0.2, 0.25) is 11.9 Å². The van der Waals surface area contributed by atoms with Gasteiger partial charge < -0.3 is 19.9 Å². The topological polar surface area (TPSA) is 87.7 Å². The quantitative estimate of drug-likeness (QED) is 0.748. The molecule has 0 bridgehead atoms. The number of hydrogen-bond acceptors (Lipinski definition) is 7. The second-order valence-electron chi connectivity index (χ2n) is 4.59. The lowest BCUT2D eigenvalue weighted by molar-refractivity contribution is -0.147. The first-order valence-corrected chi connectivity index (χ1v) is 6.80. The largest absolute Gasteiger partial charge is 0.468 e. The zero-order valence-electron chi connectivity index (χ0n) is 12.2. The molecule has 0 aromatic carbocycles. The standard InChI is InChI=1S/C13H19N5O3/c1-3-14-10-4-5-15-13(16-10)18-7-6-17(11(19)8-18)9-12(20)21-2/h4-5H,3,6-9H2,1-2H3,(H,14,15,16). The molecular weight excluding hydrogens is 274 g/mol. The predicted molar refractivity (Wildman–Crippen MR) is 77.0 cm³/mol. The first-order valence-electron chi connectivity index (χ1n) is 6.80. The molecule has 0 spiro atoms. The molecule has 1 aromatic heterocycles. The number of ether oxygens (including phenoxy) is 1. The molecule has 1 aromatic rings. The molecule has 8 heteroatoms. The monoisotopic (exact) mass is 293 g/mol. The van der Waals surface area contributed by atoms with Crippen LogP contribution >= 0.6 is 0 Å². The van der Waals surface area contributed by atoms with Crippen LogP contribution in [0.5, 0.6) is 0 Å². The first kappa shape index (κ1) is 15.0. The third kappa shape index (κ3) is 3.80. The number of amides is 1. The third-order valence-corrected chi connectivity index (χ3v) is 3.15. The van der Waals surface area contributed by atoms with E-state index < -0.39 is 5.97 Å². The van der Waals surface area contributed by atoms with E-state index in [0.717, 1.165) is 12.4 Å². The normalized spacial score (nSPS) is 15.0. The van der Waals surface area contributed by atoms with Crippen molar-refractivity contribution in [2.45, 2.75) is 6.92 Å². The van der Waals surface area contributed by atoms with Gasteiger partial charge in [-0.05, 0) is 13.0 Å². The molecule has 1 amide bonds. The third-order valence-electron chi connectivity index (χ3n) is 3.15. The molecule has 0 unspecified atom stereocenters. The van der Waals surface area contributed by atoms with Gasteiger partial charge in [0, 0.05) is 25.8 Å². The van der Waals surface area contributed by atoms with E-state index >= 15 is 0 Å². The van der Waals surface area contributed by atoms with Crippen LogP contribution in [0.1, 0.15) is 6.92 Å². The minimum atomic E-state index is -0.415. The van der Waals surface area contributed by atoms with Gasteiger partial charge in [0.15, 0.2) is 0 Å². The van der Waals surface area contributed by atoms with Crippen LogP contribution in [-0.4, -0.2) is 66.6 Å². The lowest BCUT2D eigenvalue weighted by atomic mass is 10.3. The fourth-order valence-corrected chi connectivity index (χ4v) is 2.05. The van der Waals surface area contributed by atoms with E-state index in [0.29, 0.717) is 19.0 Å². The van der Waals surface area contributed by atoms with Crippen molar-refractivity contribution in [2.75, 3.05) is 50.1 Å². The fourth-order valence-electron chi connectivity index (χ4n) is 2.05. The summed E-state index contributed by atoms with van der Waals surface area (Å²) in [5.41, 5.74) is 0. The van der Waals surface area contributed by atoms with Gasteiger partial charge in [0.05, 0.1) is 7.11 Å². The van der Waals surface area contributed by atoms with E-state index in [1.54, 1.807) is 17.2 Å². The average molecular weight is 293 g/mol. The highest BCUT2D eigenvalue weighted by atomic mass is 16.5. The van der Waals surface area contributed by atoms with Gasteiger partial charge in [-0.1, -0.05) is 0 Å². The summed E-state index contributed by atoms with van der Waals surface area (Å²) < 4.78 is 4.58. The Hall–Kier alpha value is -2.38. The number of anilines is 2. The molecule has 1 fully saturated rings. The number of carbonyl (C=O) groups excluding carboxylic acids is 2. The lowest BCUT2D eigenvalue weighted by Crippen LogP contribution is -2.52. The number of methoxy groups -OCH3 is 1. The van der Waals surface area contributed by atoms with Crippen molar-refractivity contribution in [3.63, 3.8) is 0 Å². The van der Waals surface area contributed by atoms with E-state index in [-0.39, 0.29) is 19.0 Å². The summed E-state index contributed by atoms with van der Waals surface area (Å²) >= 11 is 0. The zero-order chi connectivity index (χ0) is 15.2. The van der Waals surface area contributed by atoms with Crippen molar-refractivity contribution in [1.29, 1.82) is 0 Å². The van der Waals surface area contributed by atoms with Gasteiger partial charge in [-0.3, -0.25) is 9.59 Å². The Labute approximate surface area is 123 Å². The number of aromatic nitrogens is 2. The van der Waals surface area contributed by atoms with E-state index in [2.05, 4.69) is 20.0 Å². The SMILES string of the molecule is CCNc1ccnc(N2CCN(CC(=O)OC)C(=O)C2)n1. The van der Waals surface area contributed by atoms with Gasteiger partial charge >= 0.3 is 5.97 Å². The molecule has 1 aliphatic heterocycles. The maximum Gasteiger partial charge on any atom is 0.325 e. The number of rotatable bonds is 5. The van der Waals surface area contributed by atoms with Gasteiger partial charge in [-0.25, -0.2) is 4.98 Å². The van der Waals surface area contributed by atoms with Crippen molar-refractivity contribution in [3.8, 4) is 0 Å². The number of nitrogens with one attached hydrogen (secondary N) is 1. The molecular formula is C13H19N5O3. The Bertz CT molecular complexity index is 522. The molecule has 114 valence electrons. The minimum absolute atomic E-state index is 0.0124. The van der Waals surface area contributed by atoms with Crippen LogP contribution in [0.2, 0.25) is 0 Å². The molecule has 1 aliphatic rings. The summed E-state index contributed by atoms with van der Waals surface area (Å²) in [5, 5.41) is 3.11. The van der Waals surface area contributed by atoms with Crippen LogP contribution in [0.25, 0.3) is 0 Å². The molecule has 1 saturated heterocycles. The van der Waals surface area contributed by atoms with Crippen LogP contribution in [-0.2, 0) is 14.3 Å². The highest BCUT2D eigenvalue weighted by Gasteiger charge is 2.27. The zero-order valence-corrected chi connectivity index (χ0v) is 12.2. The van der Waals surface area contributed by atoms with Crippen molar-refractivity contribution in [1.82, 2.24) is 14.9 Å². The predicted octanol–water partition coefficient (Wildman–Crippen LogP) is -0.270. The van der Waals surface area contributed by atoms with Crippen LogP contribution in [0, 0.1) is 0 Å². The summed E-state index contributed by atoms with van der Waals surface area (Å²) in [5.74, 6) is 0.692. The fraction of sp³-hybridized carbons (Fsp3) is 0.538. The molecule has 2 rings (SSSR count). The summed E-state index contributed by atoms with van der Waals surface area (Å²) in [6.45, 7) is 3.92. The van der Waals surface area contributed by atoms with Gasteiger partial charge in [-0.15, -0.1) is 0 Å². The van der Waals surface area contributed by atoms with E-state index in [4.69, 9.17) is 0 Å². The van der Waals surface area contributed by atoms with Crippen LogP contribution in [0.3, 0.4) is 0 Å². The molecule has 21 heavy (non-hydrogen) atoms. The molecule has 2 heterocycles. The Morgan fingerprint density at radius 2 is 2.29 bits per heavy atom. The van der Waals surface area contributed by atoms with Crippen LogP contribution < -0.4 is 10.2 Å². The Balaban J connectivity index is 2.00. The summed E-state index contributed by atoms with van der Waals surface area (Å²) in [6, 6.07) is 1.78. The summed E-state index contributed by atoms with van der Waals surface area (Å²) in [6.07, 6.45) is 1.66. The van der Waals surface area contributed by atoms with Gasteiger partial charge in [0.1, 0.15) is 18.9 Å². The highest BCUT2D eigenvalue weighted by Crippen LogP contribution is 2.14. The van der Waals surface area contributed by atoms with Crippen LogP contribution in [0.15, 0.2) is 12.3 Å². The highest BCUT2D eigenvalue weighted by molar-refractivity contribution is 5.86. The lowest BCUT2D eigenvalue weighted by Gasteiger charge is -2.33. The van der Waals surface area contributed by atoms with E-state index in [1.807, 2.05) is 6.92 Å². The van der Waals surface area contributed by atoms with Crippen molar-refractivity contribution in [2.24, 2.45) is 0 Å². The second kappa shape index (κ2) is 6.87. The van der Waals surface area contributed by atoms with Gasteiger partial charge in [-0.2, -0.15) is 4.98 Å². The molecule has 0 saturated carbocycles. The summed E-state index contributed by atoms with van der Waals surface area (Å²) in [4.78, 5) is 35.1. The molecule has 0 atom stereocenters. The average Bonchev–Trinajstić information content (AvgIpc) is 2.49.